The predicted molar refractivity (Wildman–Crippen MR) is 62.4 cm³/mol. The number of hydrogen-bond acceptors (Lipinski definition) is 3. The molecule has 0 aromatic carbocycles. The summed E-state index contributed by atoms with van der Waals surface area (Å²) in [6.45, 7) is 0.735. The summed E-state index contributed by atoms with van der Waals surface area (Å²) < 4.78 is 5.68. The van der Waals surface area contributed by atoms with Crippen molar-refractivity contribution in [2.75, 3.05) is 6.61 Å². The van der Waals surface area contributed by atoms with E-state index in [1.165, 1.54) is 12.8 Å². The van der Waals surface area contributed by atoms with Gasteiger partial charge < -0.3 is 10.5 Å². The zero-order valence-electron chi connectivity index (χ0n) is 8.43. The number of ether oxygens (including phenoxy) is 1. The van der Waals surface area contributed by atoms with Gasteiger partial charge in [0.2, 0.25) is 0 Å². The summed E-state index contributed by atoms with van der Waals surface area (Å²) in [5.41, 5.74) is 6.44. The molecule has 2 rings (SSSR count). The molecule has 2 N–H and O–H groups in total. The highest BCUT2D eigenvalue weighted by atomic mass is 32.1. The van der Waals surface area contributed by atoms with Gasteiger partial charge in [0.1, 0.15) is 11.1 Å². The van der Waals surface area contributed by atoms with Gasteiger partial charge in [-0.05, 0) is 30.9 Å². The van der Waals surface area contributed by atoms with E-state index in [-0.39, 0.29) is 6.10 Å². The van der Waals surface area contributed by atoms with Gasteiger partial charge in [0.15, 0.2) is 0 Å². The van der Waals surface area contributed by atoms with Crippen LogP contribution in [0.5, 0.6) is 0 Å². The van der Waals surface area contributed by atoms with Gasteiger partial charge in [-0.1, -0.05) is 18.3 Å². The van der Waals surface area contributed by atoms with E-state index in [0.29, 0.717) is 10.9 Å². The van der Waals surface area contributed by atoms with Gasteiger partial charge in [0, 0.05) is 6.20 Å². The number of nitrogens with zero attached hydrogens (tertiary/aromatic N) is 1. The highest BCUT2D eigenvalue weighted by Crippen LogP contribution is 2.30. The Morgan fingerprint density at radius 1 is 1.60 bits per heavy atom. The van der Waals surface area contributed by atoms with Crippen molar-refractivity contribution in [3.63, 3.8) is 0 Å². The fraction of sp³-hybridized carbons (Fsp3) is 0.455. The maximum atomic E-state index is 5.68. The molecule has 1 aromatic rings. The molecule has 0 amide bonds. The number of thiocarbonyl (C=S) groups is 1. The Bertz CT molecular complexity index is 338. The molecule has 15 heavy (non-hydrogen) atoms. The van der Waals surface area contributed by atoms with E-state index in [9.17, 15) is 0 Å². The smallest absolute Gasteiger partial charge is 0.149 e. The highest BCUT2D eigenvalue weighted by Gasteiger charge is 2.25. The minimum absolute atomic E-state index is 0.332. The Morgan fingerprint density at radius 3 is 2.93 bits per heavy atom. The molecule has 1 atom stereocenters. The maximum absolute atomic E-state index is 5.68. The monoisotopic (exact) mass is 222 g/mol. The molecule has 1 heterocycles. The molecule has 0 spiro atoms. The second-order valence-corrected chi connectivity index (χ2v) is 4.29. The first-order valence-corrected chi connectivity index (χ1v) is 5.50. The maximum Gasteiger partial charge on any atom is 0.149 e. The topological polar surface area (TPSA) is 48.1 Å². The standard InChI is InChI=1S/C11H14N2OS/c12-11(15)10(14-7-8-4-5-8)9-3-1-2-6-13-9/h1-3,6,8,10H,4-5,7H2,(H2,12,15). The lowest BCUT2D eigenvalue weighted by molar-refractivity contribution is 0.0874. The second-order valence-electron chi connectivity index (χ2n) is 3.81. The molecule has 1 aromatic heterocycles. The molecule has 4 heteroatoms. The van der Waals surface area contributed by atoms with Gasteiger partial charge in [-0.25, -0.2) is 0 Å². The van der Waals surface area contributed by atoms with Crippen LogP contribution in [0.4, 0.5) is 0 Å². The molecule has 1 aliphatic carbocycles. The Morgan fingerprint density at radius 2 is 2.40 bits per heavy atom. The molecule has 0 saturated heterocycles. The van der Waals surface area contributed by atoms with Gasteiger partial charge in [-0.15, -0.1) is 0 Å². The van der Waals surface area contributed by atoms with Gasteiger partial charge in [-0.3, -0.25) is 4.98 Å². The first-order valence-electron chi connectivity index (χ1n) is 5.09. The third-order valence-corrected chi connectivity index (χ3v) is 2.62. The summed E-state index contributed by atoms with van der Waals surface area (Å²) in [4.78, 5) is 4.56. The van der Waals surface area contributed by atoms with E-state index in [0.717, 1.165) is 12.3 Å². The van der Waals surface area contributed by atoms with Crippen molar-refractivity contribution in [2.45, 2.75) is 18.9 Å². The second kappa shape index (κ2) is 4.68. The zero-order chi connectivity index (χ0) is 10.7. The van der Waals surface area contributed by atoms with Crippen LogP contribution in [0.3, 0.4) is 0 Å². The van der Waals surface area contributed by atoms with Gasteiger partial charge >= 0.3 is 0 Å². The van der Waals surface area contributed by atoms with Gasteiger partial charge in [-0.2, -0.15) is 0 Å². The SMILES string of the molecule is NC(=S)C(OCC1CC1)c1ccccn1. The largest absolute Gasteiger partial charge is 0.391 e. The summed E-state index contributed by atoms with van der Waals surface area (Å²) in [5.74, 6) is 0.700. The highest BCUT2D eigenvalue weighted by molar-refractivity contribution is 7.80. The van der Waals surface area contributed by atoms with Crippen molar-refractivity contribution in [3.05, 3.63) is 30.1 Å². The van der Waals surface area contributed by atoms with Crippen molar-refractivity contribution in [1.29, 1.82) is 0 Å². The summed E-state index contributed by atoms with van der Waals surface area (Å²) >= 11 is 4.98. The van der Waals surface area contributed by atoms with E-state index in [1.807, 2.05) is 18.2 Å². The van der Waals surface area contributed by atoms with Crippen molar-refractivity contribution < 1.29 is 4.74 Å². The van der Waals surface area contributed by atoms with Crippen molar-refractivity contribution in [1.82, 2.24) is 4.98 Å². The Hall–Kier alpha value is -1.00. The lowest BCUT2D eigenvalue weighted by Crippen LogP contribution is -2.23. The van der Waals surface area contributed by atoms with E-state index in [1.54, 1.807) is 6.20 Å². The Labute approximate surface area is 94.6 Å². The van der Waals surface area contributed by atoms with Gasteiger partial charge in [0.25, 0.3) is 0 Å². The molecule has 0 bridgehead atoms. The minimum Gasteiger partial charge on any atom is -0.391 e. The van der Waals surface area contributed by atoms with E-state index < -0.39 is 0 Å². The summed E-state index contributed by atoms with van der Waals surface area (Å²) in [5, 5.41) is 0. The Kier molecular flexibility index (Phi) is 3.28. The first kappa shape index (κ1) is 10.5. The quantitative estimate of drug-likeness (QED) is 0.772. The van der Waals surface area contributed by atoms with Crippen LogP contribution < -0.4 is 5.73 Å². The molecule has 80 valence electrons. The van der Waals surface area contributed by atoms with Crippen LogP contribution in [0, 0.1) is 5.92 Å². The van der Waals surface area contributed by atoms with Crippen LogP contribution >= 0.6 is 12.2 Å². The van der Waals surface area contributed by atoms with E-state index in [4.69, 9.17) is 22.7 Å². The molecular formula is C11H14N2OS. The fourth-order valence-electron chi connectivity index (χ4n) is 1.36. The average Bonchev–Trinajstić information content (AvgIpc) is 3.03. The molecular weight excluding hydrogens is 208 g/mol. The van der Waals surface area contributed by atoms with Crippen LogP contribution in [0.2, 0.25) is 0 Å². The summed E-state index contributed by atoms with van der Waals surface area (Å²) in [6, 6.07) is 5.66. The third-order valence-electron chi connectivity index (χ3n) is 2.41. The van der Waals surface area contributed by atoms with Crippen LogP contribution in [-0.2, 0) is 4.74 Å². The molecule has 3 nitrogen and oxygen atoms in total. The van der Waals surface area contributed by atoms with Crippen molar-refractivity contribution >= 4 is 17.2 Å². The molecule has 1 fully saturated rings. The summed E-state index contributed by atoms with van der Waals surface area (Å²) in [6.07, 6.45) is 3.90. The van der Waals surface area contributed by atoms with Crippen molar-refractivity contribution in [3.8, 4) is 0 Å². The number of nitrogens with two attached hydrogens (primary N) is 1. The first-order chi connectivity index (χ1) is 7.27. The third kappa shape index (κ3) is 2.97. The minimum atomic E-state index is -0.332. The molecule has 1 aliphatic rings. The lowest BCUT2D eigenvalue weighted by Gasteiger charge is -2.15. The lowest BCUT2D eigenvalue weighted by atomic mass is 10.2. The number of rotatable bonds is 5. The van der Waals surface area contributed by atoms with Crippen LogP contribution in [0.1, 0.15) is 24.6 Å². The average molecular weight is 222 g/mol. The molecule has 1 saturated carbocycles. The Balaban J connectivity index is 2.01. The van der Waals surface area contributed by atoms with E-state index >= 15 is 0 Å². The number of pyridine rings is 1. The van der Waals surface area contributed by atoms with Crippen LogP contribution in [-0.4, -0.2) is 16.6 Å². The van der Waals surface area contributed by atoms with E-state index in [2.05, 4.69) is 4.98 Å². The molecule has 1 unspecified atom stereocenters. The normalized spacial score (nSPS) is 17.3. The predicted octanol–water partition coefficient (Wildman–Crippen LogP) is 1.84. The molecule has 0 radical (unpaired) electrons. The van der Waals surface area contributed by atoms with Crippen LogP contribution in [0.25, 0.3) is 0 Å². The molecule has 0 aliphatic heterocycles. The fourth-order valence-corrected chi connectivity index (χ4v) is 1.55. The number of hydrogen-bond donors (Lipinski definition) is 1. The van der Waals surface area contributed by atoms with Crippen LogP contribution in [0.15, 0.2) is 24.4 Å². The number of aromatic nitrogens is 1. The van der Waals surface area contributed by atoms with Gasteiger partial charge in [0.05, 0.1) is 12.3 Å². The summed E-state index contributed by atoms with van der Waals surface area (Å²) in [7, 11) is 0. The van der Waals surface area contributed by atoms with Crippen molar-refractivity contribution in [2.24, 2.45) is 11.7 Å². The zero-order valence-corrected chi connectivity index (χ0v) is 9.24.